The van der Waals surface area contributed by atoms with Crippen LogP contribution < -0.4 is 10.2 Å². The van der Waals surface area contributed by atoms with Crippen LogP contribution >= 0.6 is 11.3 Å². The summed E-state index contributed by atoms with van der Waals surface area (Å²) in [6, 6.07) is 19.2. The second-order valence-electron chi connectivity index (χ2n) is 7.06. The molecule has 0 aliphatic heterocycles. The van der Waals surface area contributed by atoms with Crippen LogP contribution in [0.25, 0.3) is 22.2 Å². The number of thiophene rings is 1. The Morgan fingerprint density at radius 2 is 2.06 bits per heavy atom. The Kier molecular flexibility index (Phi) is 6.69. The van der Waals surface area contributed by atoms with Crippen LogP contribution in [0.15, 0.2) is 76.5 Å². The first-order chi connectivity index (χ1) is 15.2. The van der Waals surface area contributed by atoms with Gasteiger partial charge in [-0.15, -0.1) is 0 Å². The monoisotopic (exact) mass is 429 g/mol. The first kappa shape index (κ1) is 20.8. The third-order valence-electron chi connectivity index (χ3n) is 4.78. The number of ether oxygens (including phenoxy) is 1. The molecule has 5 nitrogen and oxygen atoms in total. The zero-order valence-electron chi connectivity index (χ0n) is 17.2. The van der Waals surface area contributed by atoms with Crippen molar-refractivity contribution in [2.24, 2.45) is 5.10 Å². The fourth-order valence-corrected chi connectivity index (χ4v) is 3.78. The standard InChI is InChI=1S/C25H23N3O2S/c1-2-3-12-30-20-8-6-7-19(14-20)24-15-22(21-9-4-5-10-23(21)27-24)25(29)28-26-16-18-11-13-31-17-18/h4-11,13-17H,2-3,12H2,1H3,(H,28,29)/b26-16-. The Morgan fingerprint density at radius 1 is 1.16 bits per heavy atom. The van der Waals surface area contributed by atoms with Crippen LogP contribution in [0.2, 0.25) is 0 Å². The average Bonchev–Trinajstić information content (AvgIpc) is 3.32. The molecule has 0 fully saturated rings. The van der Waals surface area contributed by atoms with E-state index in [1.807, 2.05) is 71.4 Å². The van der Waals surface area contributed by atoms with Crippen LogP contribution in [0, 0.1) is 0 Å². The fraction of sp³-hybridized carbons (Fsp3) is 0.160. The number of para-hydroxylation sites is 1. The normalized spacial score (nSPS) is 11.1. The topological polar surface area (TPSA) is 63.6 Å². The number of carbonyl (C=O) groups excluding carboxylic acids is 1. The number of nitrogens with zero attached hydrogens (tertiary/aromatic N) is 2. The van der Waals surface area contributed by atoms with E-state index in [1.165, 1.54) is 0 Å². The zero-order valence-corrected chi connectivity index (χ0v) is 18.1. The van der Waals surface area contributed by atoms with Crippen LogP contribution in [0.5, 0.6) is 5.75 Å². The van der Waals surface area contributed by atoms with Gasteiger partial charge in [-0.05, 0) is 47.5 Å². The maximum atomic E-state index is 12.9. The summed E-state index contributed by atoms with van der Waals surface area (Å²) in [6.07, 6.45) is 3.73. The Bertz CT molecular complexity index is 1200. The Morgan fingerprint density at radius 3 is 2.90 bits per heavy atom. The summed E-state index contributed by atoms with van der Waals surface area (Å²) in [7, 11) is 0. The van der Waals surface area contributed by atoms with Gasteiger partial charge < -0.3 is 4.74 Å². The summed E-state index contributed by atoms with van der Waals surface area (Å²) in [4.78, 5) is 17.7. The van der Waals surface area contributed by atoms with Gasteiger partial charge in [0.1, 0.15) is 5.75 Å². The maximum Gasteiger partial charge on any atom is 0.272 e. The van der Waals surface area contributed by atoms with Gasteiger partial charge in [0.05, 0.1) is 29.6 Å². The van der Waals surface area contributed by atoms with Crippen molar-refractivity contribution in [3.63, 3.8) is 0 Å². The minimum atomic E-state index is -0.276. The summed E-state index contributed by atoms with van der Waals surface area (Å²) >= 11 is 1.58. The zero-order chi connectivity index (χ0) is 21.5. The van der Waals surface area contributed by atoms with E-state index >= 15 is 0 Å². The number of rotatable bonds is 8. The molecule has 156 valence electrons. The maximum absolute atomic E-state index is 12.9. The van der Waals surface area contributed by atoms with Crippen molar-refractivity contribution < 1.29 is 9.53 Å². The summed E-state index contributed by atoms with van der Waals surface area (Å²) in [6.45, 7) is 2.82. The third-order valence-corrected chi connectivity index (χ3v) is 5.48. The lowest BCUT2D eigenvalue weighted by atomic mass is 10.0. The van der Waals surface area contributed by atoms with Crippen molar-refractivity contribution >= 4 is 34.4 Å². The molecular formula is C25H23N3O2S. The lowest BCUT2D eigenvalue weighted by Crippen LogP contribution is -2.18. The number of hydrogen-bond donors (Lipinski definition) is 1. The highest BCUT2D eigenvalue weighted by Gasteiger charge is 2.14. The van der Waals surface area contributed by atoms with E-state index in [9.17, 15) is 4.79 Å². The molecule has 4 aromatic rings. The number of benzene rings is 2. The molecule has 4 rings (SSSR count). The van der Waals surface area contributed by atoms with Crippen LogP contribution in [0.4, 0.5) is 0 Å². The fourth-order valence-electron chi connectivity index (χ4n) is 3.16. The summed E-state index contributed by atoms with van der Waals surface area (Å²) in [5.74, 6) is 0.522. The molecule has 6 heteroatoms. The molecule has 1 amide bonds. The van der Waals surface area contributed by atoms with E-state index in [2.05, 4.69) is 17.5 Å². The molecule has 0 atom stereocenters. The van der Waals surface area contributed by atoms with E-state index in [-0.39, 0.29) is 5.91 Å². The summed E-state index contributed by atoms with van der Waals surface area (Å²) in [5.41, 5.74) is 6.48. The average molecular weight is 430 g/mol. The molecule has 0 radical (unpaired) electrons. The van der Waals surface area contributed by atoms with E-state index < -0.39 is 0 Å². The minimum Gasteiger partial charge on any atom is -0.494 e. The van der Waals surface area contributed by atoms with E-state index in [0.29, 0.717) is 17.9 Å². The largest absolute Gasteiger partial charge is 0.494 e. The second kappa shape index (κ2) is 10.00. The molecule has 31 heavy (non-hydrogen) atoms. The molecule has 0 unspecified atom stereocenters. The highest BCUT2D eigenvalue weighted by molar-refractivity contribution is 7.08. The summed E-state index contributed by atoms with van der Waals surface area (Å²) < 4.78 is 5.84. The first-order valence-electron chi connectivity index (χ1n) is 10.2. The Balaban J connectivity index is 1.65. The van der Waals surface area contributed by atoms with Crippen LogP contribution in [0.3, 0.4) is 0 Å². The number of aromatic nitrogens is 1. The van der Waals surface area contributed by atoms with Gasteiger partial charge in [0, 0.05) is 16.5 Å². The van der Waals surface area contributed by atoms with E-state index in [4.69, 9.17) is 9.72 Å². The number of fused-ring (bicyclic) bond motifs is 1. The molecule has 2 heterocycles. The predicted octanol–water partition coefficient (Wildman–Crippen LogP) is 5.91. The second-order valence-corrected chi connectivity index (χ2v) is 7.84. The molecule has 0 aliphatic rings. The number of amides is 1. The van der Waals surface area contributed by atoms with Gasteiger partial charge in [-0.2, -0.15) is 16.4 Å². The number of unbranched alkanes of at least 4 members (excludes halogenated alkanes) is 1. The highest BCUT2D eigenvalue weighted by Crippen LogP contribution is 2.27. The van der Waals surface area contributed by atoms with Crippen LogP contribution in [-0.4, -0.2) is 23.7 Å². The van der Waals surface area contributed by atoms with Crippen molar-refractivity contribution in [3.8, 4) is 17.0 Å². The first-order valence-corrected chi connectivity index (χ1v) is 11.2. The van der Waals surface area contributed by atoms with Gasteiger partial charge in [0.15, 0.2) is 0 Å². The van der Waals surface area contributed by atoms with Crippen molar-refractivity contribution in [3.05, 3.63) is 82.6 Å². The molecule has 0 saturated heterocycles. The van der Waals surface area contributed by atoms with E-state index in [1.54, 1.807) is 17.6 Å². The molecule has 2 aromatic carbocycles. The highest BCUT2D eigenvalue weighted by atomic mass is 32.1. The smallest absolute Gasteiger partial charge is 0.272 e. The minimum absolute atomic E-state index is 0.276. The number of carbonyl (C=O) groups is 1. The molecule has 0 bridgehead atoms. The third kappa shape index (κ3) is 5.16. The Labute approximate surface area is 185 Å². The SMILES string of the molecule is CCCCOc1cccc(-c2cc(C(=O)N/N=C\c3ccsc3)c3ccccc3n2)c1. The predicted molar refractivity (Wildman–Crippen MR) is 127 cm³/mol. The quantitative estimate of drug-likeness (QED) is 0.215. The van der Waals surface area contributed by atoms with Crippen molar-refractivity contribution in [2.75, 3.05) is 6.61 Å². The van der Waals surface area contributed by atoms with Gasteiger partial charge in [-0.1, -0.05) is 43.7 Å². The van der Waals surface area contributed by atoms with Gasteiger partial charge in [0.2, 0.25) is 0 Å². The van der Waals surface area contributed by atoms with Gasteiger partial charge >= 0.3 is 0 Å². The van der Waals surface area contributed by atoms with Gasteiger partial charge in [-0.3, -0.25) is 4.79 Å². The van der Waals surface area contributed by atoms with Gasteiger partial charge in [0.25, 0.3) is 5.91 Å². The Hall–Kier alpha value is -3.51. The van der Waals surface area contributed by atoms with Crippen molar-refractivity contribution in [1.29, 1.82) is 0 Å². The lowest BCUT2D eigenvalue weighted by molar-refractivity contribution is 0.0956. The van der Waals surface area contributed by atoms with E-state index in [0.717, 1.165) is 40.6 Å². The molecule has 0 saturated carbocycles. The number of nitrogens with one attached hydrogen (secondary N) is 1. The molecule has 2 aromatic heterocycles. The molecule has 1 N–H and O–H groups in total. The molecule has 0 spiro atoms. The van der Waals surface area contributed by atoms with Crippen LogP contribution in [0.1, 0.15) is 35.7 Å². The van der Waals surface area contributed by atoms with Crippen molar-refractivity contribution in [1.82, 2.24) is 10.4 Å². The lowest BCUT2D eigenvalue weighted by Gasteiger charge is -2.10. The van der Waals surface area contributed by atoms with Gasteiger partial charge in [-0.25, -0.2) is 10.4 Å². The molecule has 0 aliphatic carbocycles. The summed E-state index contributed by atoms with van der Waals surface area (Å²) in [5, 5.41) is 8.81. The number of hydrogen-bond acceptors (Lipinski definition) is 5. The number of hydrazone groups is 1. The molecular weight excluding hydrogens is 406 g/mol. The number of pyridine rings is 1. The van der Waals surface area contributed by atoms with Crippen molar-refractivity contribution in [2.45, 2.75) is 19.8 Å². The van der Waals surface area contributed by atoms with Crippen LogP contribution in [-0.2, 0) is 0 Å².